The van der Waals surface area contributed by atoms with E-state index in [4.69, 9.17) is 0 Å². The van der Waals surface area contributed by atoms with Crippen molar-refractivity contribution in [2.75, 3.05) is 18.0 Å². The lowest BCUT2D eigenvalue weighted by Gasteiger charge is -2.22. The van der Waals surface area contributed by atoms with Gasteiger partial charge in [-0.15, -0.1) is 0 Å². The molecule has 3 rings (SSSR count). The maximum atomic E-state index is 13.4. The minimum Gasteiger partial charge on any atom is -0.349 e. The standard InChI is InChI=1S/C23H32N4O2/c1-4-6-8-14-24-22(28)21-25-20(19-13-7-9-15-27(19)21)23(29)26(5-2)18-12-10-11-17(3)16-18/h10-12,16H,4-9,13-15H2,1-3H3,(H,24,28). The van der Waals surface area contributed by atoms with Crippen molar-refractivity contribution in [2.45, 2.75) is 65.8 Å². The molecular weight excluding hydrogens is 364 g/mol. The molecule has 2 heterocycles. The van der Waals surface area contributed by atoms with Crippen LogP contribution in [-0.2, 0) is 13.0 Å². The maximum Gasteiger partial charge on any atom is 0.287 e. The van der Waals surface area contributed by atoms with Crippen molar-refractivity contribution in [2.24, 2.45) is 0 Å². The molecule has 1 N–H and O–H groups in total. The summed E-state index contributed by atoms with van der Waals surface area (Å²) in [4.78, 5) is 32.5. The molecule has 2 amide bonds. The quantitative estimate of drug-likeness (QED) is 0.683. The number of carbonyl (C=O) groups is 2. The second-order valence-electron chi connectivity index (χ2n) is 7.69. The maximum absolute atomic E-state index is 13.4. The second kappa shape index (κ2) is 9.72. The number of anilines is 1. The molecule has 1 aliphatic heterocycles. The monoisotopic (exact) mass is 396 g/mol. The molecule has 2 aromatic rings. The van der Waals surface area contributed by atoms with Crippen molar-refractivity contribution in [3.63, 3.8) is 0 Å². The van der Waals surface area contributed by atoms with E-state index in [1.54, 1.807) is 4.90 Å². The Hall–Kier alpha value is -2.63. The number of nitrogens with zero attached hydrogens (tertiary/aromatic N) is 3. The molecule has 1 aliphatic rings. The number of rotatable bonds is 8. The first-order chi connectivity index (χ1) is 14.1. The molecule has 1 aromatic carbocycles. The van der Waals surface area contributed by atoms with E-state index in [1.165, 1.54) is 0 Å². The summed E-state index contributed by atoms with van der Waals surface area (Å²) in [7, 11) is 0. The first-order valence-electron chi connectivity index (χ1n) is 10.8. The van der Waals surface area contributed by atoms with Crippen molar-refractivity contribution in [3.05, 3.63) is 47.0 Å². The van der Waals surface area contributed by atoms with Gasteiger partial charge in [0.2, 0.25) is 0 Å². The van der Waals surface area contributed by atoms with Gasteiger partial charge in [-0.3, -0.25) is 9.59 Å². The smallest absolute Gasteiger partial charge is 0.287 e. The fourth-order valence-electron chi connectivity index (χ4n) is 3.91. The number of fused-ring (bicyclic) bond motifs is 1. The van der Waals surface area contributed by atoms with Crippen LogP contribution in [0, 0.1) is 6.92 Å². The van der Waals surface area contributed by atoms with Gasteiger partial charge in [0, 0.05) is 25.3 Å². The van der Waals surface area contributed by atoms with Crippen LogP contribution in [0.2, 0.25) is 0 Å². The van der Waals surface area contributed by atoms with Crippen LogP contribution in [-0.4, -0.2) is 34.5 Å². The summed E-state index contributed by atoms with van der Waals surface area (Å²) in [6.45, 7) is 8.04. The molecule has 29 heavy (non-hydrogen) atoms. The Labute approximate surface area is 173 Å². The highest BCUT2D eigenvalue weighted by molar-refractivity contribution is 6.06. The van der Waals surface area contributed by atoms with Gasteiger partial charge in [-0.25, -0.2) is 4.98 Å². The van der Waals surface area contributed by atoms with E-state index >= 15 is 0 Å². The van der Waals surface area contributed by atoms with Crippen LogP contribution >= 0.6 is 0 Å². The van der Waals surface area contributed by atoms with Crippen LogP contribution in [0.4, 0.5) is 5.69 Å². The Morgan fingerprint density at radius 1 is 1.21 bits per heavy atom. The number of amides is 2. The molecule has 6 nitrogen and oxygen atoms in total. The van der Waals surface area contributed by atoms with Crippen LogP contribution in [0.25, 0.3) is 0 Å². The third-order valence-corrected chi connectivity index (χ3v) is 5.46. The number of hydrogen-bond donors (Lipinski definition) is 1. The van der Waals surface area contributed by atoms with Gasteiger partial charge in [0.15, 0.2) is 11.5 Å². The van der Waals surface area contributed by atoms with Gasteiger partial charge in [-0.2, -0.15) is 0 Å². The summed E-state index contributed by atoms with van der Waals surface area (Å²) < 4.78 is 1.95. The predicted molar refractivity (Wildman–Crippen MR) is 116 cm³/mol. The second-order valence-corrected chi connectivity index (χ2v) is 7.69. The number of benzene rings is 1. The minimum atomic E-state index is -0.179. The van der Waals surface area contributed by atoms with E-state index in [2.05, 4.69) is 17.2 Å². The number of carbonyl (C=O) groups excluding carboxylic acids is 2. The van der Waals surface area contributed by atoms with Gasteiger partial charge in [0.1, 0.15) is 0 Å². The van der Waals surface area contributed by atoms with Gasteiger partial charge < -0.3 is 14.8 Å². The SMILES string of the molecule is CCCCCNC(=O)c1nc(C(=O)N(CC)c2cccc(C)c2)c2n1CCCC2. The molecule has 0 saturated heterocycles. The molecule has 1 aromatic heterocycles. The molecule has 156 valence electrons. The van der Waals surface area contributed by atoms with Crippen LogP contribution < -0.4 is 10.2 Å². The van der Waals surface area contributed by atoms with Gasteiger partial charge in [-0.1, -0.05) is 31.9 Å². The third kappa shape index (κ3) is 4.69. The van der Waals surface area contributed by atoms with Crippen molar-refractivity contribution >= 4 is 17.5 Å². The van der Waals surface area contributed by atoms with Crippen molar-refractivity contribution < 1.29 is 9.59 Å². The number of aryl methyl sites for hydroxylation is 1. The van der Waals surface area contributed by atoms with Gasteiger partial charge in [0.05, 0.1) is 5.69 Å². The van der Waals surface area contributed by atoms with Crippen molar-refractivity contribution in [3.8, 4) is 0 Å². The fraction of sp³-hybridized carbons (Fsp3) is 0.522. The minimum absolute atomic E-state index is 0.131. The van der Waals surface area contributed by atoms with Gasteiger partial charge in [-0.05, 0) is 57.2 Å². The van der Waals surface area contributed by atoms with Crippen LogP contribution in [0.1, 0.15) is 78.3 Å². The highest BCUT2D eigenvalue weighted by atomic mass is 16.2. The lowest BCUT2D eigenvalue weighted by Crippen LogP contribution is -2.32. The zero-order valence-corrected chi connectivity index (χ0v) is 17.8. The number of imidazole rings is 1. The first-order valence-corrected chi connectivity index (χ1v) is 10.8. The molecule has 0 saturated carbocycles. The topological polar surface area (TPSA) is 67.2 Å². The van der Waals surface area contributed by atoms with E-state index in [-0.39, 0.29) is 11.8 Å². The lowest BCUT2D eigenvalue weighted by atomic mass is 10.1. The average molecular weight is 397 g/mol. The molecule has 0 radical (unpaired) electrons. The number of nitrogens with one attached hydrogen (secondary N) is 1. The highest BCUT2D eigenvalue weighted by Crippen LogP contribution is 2.25. The van der Waals surface area contributed by atoms with E-state index in [0.717, 1.165) is 62.0 Å². The highest BCUT2D eigenvalue weighted by Gasteiger charge is 2.30. The predicted octanol–water partition coefficient (Wildman–Crippen LogP) is 4.11. The zero-order valence-electron chi connectivity index (χ0n) is 17.8. The van der Waals surface area contributed by atoms with E-state index in [0.29, 0.717) is 24.6 Å². The Morgan fingerprint density at radius 3 is 2.76 bits per heavy atom. The molecule has 0 fully saturated rings. The zero-order chi connectivity index (χ0) is 20.8. The molecular formula is C23H32N4O2. The summed E-state index contributed by atoms with van der Waals surface area (Å²) in [5.74, 6) is 0.0653. The first kappa shape index (κ1) is 21.1. The van der Waals surface area contributed by atoms with Crippen LogP contribution in [0.5, 0.6) is 0 Å². The molecule has 0 bridgehead atoms. The molecule has 0 atom stereocenters. The Kier molecular flexibility index (Phi) is 7.07. The van der Waals surface area contributed by atoms with Crippen LogP contribution in [0.3, 0.4) is 0 Å². The van der Waals surface area contributed by atoms with Gasteiger partial charge in [0.25, 0.3) is 11.8 Å². The fourth-order valence-corrected chi connectivity index (χ4v) is 3.91. The van der Waals surface area contributed by atoms with Gasteiger partial charge >= 0.3 is 0 Å². The summed E-state index contributed by atoms with van der Waals surface area (Å²) in [5.41, 5.74) is 3.28. The van der Waals surface area contributed by atoms with E-state index < -0.39 is 0 Å². The lowest BCUT2D eigenvalue weighted by molar-refractivity contribution is 0.0937. The largest absolute Gasteiger partial charge is 0.349 e. The molecule has 0 aliphatic carbocycles. The van der Waals surface area contributed by atoms with Crippen molar-refractivity contribution in [1.82, 2.24) is 14.9 Å². The van der Waals surface area contributed by atoms with Crippen LogP contribution in [0.15, 0.2) is 24.3 Å². The number of hydrogen-bond acceptors (Lipinski definition) is 3. The average Bonchev–Trinajstić information content (AvgIpc) is 3.11. The summed E-state index contributed by atoms with van der Waals surface area (Å²) in [6.07, 6.45) is 5.95. The normalized spacial score (nSPS) is 13.1. The Bertz CT molecular complexity index is 872. The molecule has 0 spiro atoms. The summed E-state index contributed by atoms with van der Waals surface area (Å²) in [6, 6.07) is 7.92. The molecule has 6 heteroatoms. The van der Waals surface area contributed by atoms with E-state index in [1.807, 2.05) is 42.7 Å². The number of unbranched alkanes of at least 4 members (excludes halogenated alkanes) is 2. The summed E-state index contributed by atoms with van der Waals surface area (Å²) >= 11 is 0. The van der Waals surface area contributed by atoms with Crippen molar-refractivity contribution in [1.29, 1.82) is 0 Å². The Balaban J connectivity index is 1.89. The van der Waals surface area contributed by atoms with E-state index in [9.17, 15) is 9.59 Å². The Morgan fingerprint density at radius 2 is 2.03 bits per heavy atom. The molecule has 0 unspecified atom stereocenters. The summed E-state index contributed by atoms with van der Waals surface area (Å²) in [5, 5.41) is 2.97. The number of aromatic nitrogens is 2. The third-order valence-electron chi connectivity index (χ3n) is 5.46.